The minimum atomic E-state index is -0.282. The Labute approximate surface area is 120 Å². The van der Waals surface area contributed by atoms with Crippen molar-refractivity contribution in [3.05, 3.63) is 41.3 Å². The van der Waals surface area contributed by atoms with Crippen LogP contribution in [0.25, 0.3) is 0 Å². The lowest BCUT2D eigenvalue weighted by atomic mass is 10.2. The van der Waals surface area contributed by atoms with Crippen molar-refractivity contribution in [2.45, 2.75) is 13.3 Å². The second-order valence-corrected chi connectivity index (χ2v) is 4.48. The molecule has 0 saturated heterocycles. The third-order valence-electron chi connectivity index (χ3n) is 2.47. The van der Waals surface area contributed by atoms with Gasteiger partial charge in [0.1, 0.15) is 10.7 Å². The number of nitrogens with zero attached hydrogens (tertiary/aromatic N) is 3. The third-order valence-corrected chi connectivity index (χ3v) is 2.71. The minimum absolute atomic E-state index is 0.247. The average Bonchev–Trinajstić information content (AvgIpc) is 2.84. The van der Waals surface area contributed by atoms with Crippen LogP contribution >= 0.6 is 12.2 Å². The highest BCUT2D eigenvalue weighted by molar-refractivity contribution is 7.80. The van der Waals surface area contributed by atoms with Crippen LogP contribution in [0.4, 0.5) is 0 Å². The highest BCUT2D eigenvalue weighted by atomic mass is 32.1. The maximum Gasteiger partial charge on any atom is 0.269 e. The first-order valence-corrected chi connectivity index (χ1v) is 6.30. The SMILES string of the molecule is Cc1noc(CCNC(=O)c2ccc(C(N)=S)cn2)n1. The van der Waals surface area contributed by atoms with E-state index in [9.17, 15) is 4.79 Å². The molecular formula is C12H13N5O2S. The van der Waals surface area contributed by atoms with Crippen molar-refractivity contribution >= 4 is 23.1 Å². The first kappa shape index (κ1) is 14.1. The number of hydrogen-bond donors (Lipinski definition) is 2. The van der Waals surface area contributed by atoms with Crippen LogP contribution in [0.15, 0.2) is 22.9 Å². The maximum absolute atomic E-state index is 11.8. The van der Waals surface area contributed by atoms with E-state index in [-0.39, 0.29) is 10.9 Å². The van der Waals surface area contributed by atoms with Gasteiger partial charge < -0.3 is 15.6 Å². The van der Waals surface area contributed by atoms with Crippen molar-refractivity contribution in [2.24, 2.45) is 5.73 Å². The van der Waals surface area contributed by atoms with Gasteiger partial charge in [-0.05, 0) is 19.1 Å². The zero-order chi connectivity index (χ0) is 14.5. The van der Waals surface area contributed by atoms with Crippen LogP contribution in [0, 0.1) is 6.92 Å². The molecular weight excluding hydrogens is 278 g/mol. The summed E-state index contributed by atoms with van der Waals surface area (Å²) in [6.45, 7) is 2.12. The molecule has 3 N–H and O–H groups in total. The van der Waals surface area contributed by atoms with Crippen LogP contribution in [0.1, 0.15) is 27.8 Å². The Morgan fingerprint density at radius 2 is 2.30 bits per heavy atom. The molecule has 1 amide bonds. The van der Waals surface area contributed by atoms with Crippen LogP contribution in [0.5, 0.6) is 0 Å². The molecule has 0 atom stereocenters. The van der Waals surface area contributed by atoms with E-state index in [1.165, 1.54) is 6.20 Å². The summed E-state index contributed by atoms with van der Waals surface area (Å²) < 4.78 is 4.94. The Hall–Kier alpha value is -2.35. The van der Waals surface area contributed by atoms with Gasteiger partial charge in [0, 0.05) is 24.7 Å². The third kappa shape index (κ3) is 3.58. The summed E-state index contributed by atoms with van der Waals surface area (Å²) in [5.41, 5.74) is 6.38. The van der Waals surface area contributed by atoms with E-state index in [1.807, 2.05) is 0 Å². The lowest BCUT2D eigenvalue weighted by Crippen LogP contribution is -2.26. The lowest BCUT2D eigenvalue weighted by Gasteiger charge is -2.03. The normalized spacial score (nSPS) is 10.2. The van der Waals surface area contributed by atoms with Crippen molar-refractivity contribution in [3.8, 4) is 0 Å². The molecule has 0 aliphatic heterocycles. The molecule has 8 heteroatoms. The number of carbonyl (C=O) groups is 1. The molecule has 104 valence electrons. The van der Waals surface area contributed by atoms with E-state index in [0.29, 0.717) is 35.9 Å². The molecule has 2 aromatic rings. The van der Waals surface area contributed by atoms with Gasteiger partial charge in [-0.2, -0.15) is 4.98 Å². The number of carbonyl (C=O) groups excluding carboxylic acids is 1. The van der Waals surface area contributed by atoms with E-state index in [2.05, 4.69) is 20.4 Å². The number of pyridine rings is 1. The summed E-state index contributed by atoms with van der Waals surface area (Å²) in [6.07, 6.45) is 1.94. The molecule has 2 heterocycles. The second kappa shape index (κ2) is 6.20. The van der Waals surface area contributed by atoms with Crippen LogP contribution in [-0.4, -0.2) is 32.6 Å². The quantitative estimate of drug-likeness (QED) is 0.767. The second-order valence-electron chi connectivity index (χ2n) is 4.04. The van der Waals surface area contributed by atoms with Crippen LogP contribution in [0.3, 0.4) is 0 Å². The fraction of sp³-hybridized carbons (Fsp3) is 0.250. The topological polar surface area (TPSA) is 107 Å². The number of thiocarbonyl (C=S) groups is 1. The largest absolute Gasteiger partial charge is 0.389 e. The summed E-state index contributed by atoms with van der Waals surface area (Å²) >= 11 is 4.81. The molecule has 0 aliphatic rings. The Bertz CT molecular complexity index is 623. The average molecular weight is 291 g/mol. The van der Waals surface area contributed by atoms with Gasteiger partial charge in [-0.3, -0.25) is 9.78 Å². The first-order valence-electron chi connectivity index (χ1n) is 5.89. The van der Waals surface area contributed by atoms with E-state index in [4.69, 9.17) is 22.5 Å². The van der Waals surface area contributed by atoms with E-state index in [1.54, 1.807) is 19.1 Å². The summed E-state index contributed by atoms with van der Waals surface area (Å²) in [4.78, 5) is 20.1. The molecule has 0 aliphatic carbocycles. The van der Waals surface area contributed by atoms with E-state index in [0.717, 1.165) is 0 Å². The van der Waals surface area contributed by atoms with Crippen molar-refractivity contribution in [2.75, 3.05) is 6.54 Å². The van der Waals surface area contributed by atoms with Gasteiger partial charge in [-0.1, -0.05) is 17.4 Å². The highest BCUT2D eigenvalue weighted by Gasteiger charge is 2.08. The van der Waals surface area contributed by atoms with Gasteiger partial charge in [0.2, 0.25) is 5.89 Å². The molecule has 0 radical (unpaired) electrons. The van der Waals surface area contributed by atoms with Crippen molar-refractivity contribution in [1.29, 1.82) is 0 Å². The fourth-order valence-electron chi connectivity index (χ4n) is 1.49. The van der Waals surface area contributed by atoms with Gasteiger partial charge in [0.25, 0.3) is 5.91 Å². The standard InChI is InChI=1S/C12H13N5O2S/c1-7-16-10(19-17-7)4-5-14-12(18)9-3-2-8(6-15-9)11(13)20/h2-3,6H,4-5H2,1H3,(H2,13,20)(H,14,18). The monoisotopic (exact) mass is 291 g/mol. The Morgan fingerprint density at radius 1 is 1.50 bits per heavy atom. The number of rotatable bonds is 5. The van der Waals surface area contributed by atoms with Gasteiger partial charge in [0.05, 0.1) is 0 Å². The van der Waals surface area contributed by atoms with Gasteiger partial charge in [0.15, 0.2) is 5.82 Å². The lowest BCUT2D eigenvalue weighted by molar-refractivity contribution is 0.0948. The van der Waals surface area contributed by atoms with E-state index < -0.39 is 0 Å². The number of aromatic nitrogens is 3. The Balaban J connectivity index is 1.86. The summed E-state index contributed by atoms with van der Waals surface area (Å²) in [5, 5.41) is 6.38. The molecule has 0 aromatic carbocycles. The molecule has 0 fully saturated rings. The summed E-state index contributed by atoms with van der Waals surface area (Å²) in [7, 11) is 0. The zero-order valence-corrected chi connectivity index (χ0v) is 11.6. The predicted octanol–water partition coefficient (Wildman–Crippen LogP) is 0.380. The molecule has 7 nitrogen and oxygen atoms in total. The maximum atomic E-state index is 11.8. The van der Waals surface area contributed by atoms with Gasteiger partial charge in [-0.25, -0.2) is 0 Å². The summed E-state index contributed by atoms with van der Waals surface area (Å²) in [6, 6.07) is 3.23. The zero-order valence-electron chi connectivity index (χ0n) is 10.8. The molecule has 2 rings (SSSR count). The first-order chi connectivity index (χ1) is 9.56. The smallest absolute Gasteiger partial charge is 0.269 e. The van der Waals surface area contributed by atoms with Crippen molar-refractivity contribution in [3.63, 3.8) is 0 Å². The van der Waals surface area contributed by atoms with E-state index >= 15 is 0 Å². The van der Waals surface area contributed by atoms with Crippen LogP contribution in [-0.2, 0) is 6.42 Å². The van der Waals surface area contributed by atoms with Crippen LogP contribution in [0.2, 0.25) is 0 Å². The minimum Gasteiger partial charge on any atom is -0.389 e. The highest BCUT2D eigenvalue weighted by Crippen LogP contribution is 2.01. The van der Waals surface area contributed by atoms with Gasteiger partial charge >= 0.3 is 0 Å². The number of nitrogens with one attached hydrogen (secondary N) is 1. The molecule has 0 spiro atoms. The molecule has 0 unspecified atom stereocenters. The predicted molar refractivity (Wildman–Crippen MR) is 75.2 cm³/mol. The molecule has 0 saturated carbocycles. The van der Waals surface area contributed by atoms with Crippen molar-refractivity contribution < 1.29 is 9.32 Å². The summed E-state index contributed by atoms with van der Waals surface area (Å²) in [5.74, 6) is 0.775. The molecule has 2 aromatic heterocycles. The number of nitrogens with two attached hydrogens (primary N) is 1. The fourth-order valence-corrected chi connectivity index (χ4v) is 1.61. The number of aryl methyl sites for hydroxylation is 1. The molecule has 0 bridgehead atoms. The Morgan fingerprint density at radius 3 is 2.85 bits per heavy atom. The number of amides is 1. The molecule has 20 heavy (non-hydrogen) atoms. The Kier molecular flexibility index (Phi) is 4.36. The van der Waals surface area contributed by atoms with Crippen LogP contribution < -0.4 is 11.1 Å². The number of hydrogen-bond acceptors (Lipinski definition) is 6. The van der Waals surface area contributed by atoms with Crippen molar-refractivity contribution in [1.82, 2.24) is 20.4 Å². The van der Waals surface area contributed by atoms with Gasteiger partial charge in [-0.15, -0.1) is 0 Å².